The zero-order chi connectivity index (χ0) is 12.3. The van der Waals surface area contributed by atoms with Crippen LogP contribution in [-0.2, 0) is 0 Å². The van der Waals surface area contributed by atoms with Crippen LogP contribution in [0.25, 0.3) is 11.0 Å². The summed E-state index contributed by atoms with van der Waals surface area (Å²) in [5.74, 6) is 0.697. The highest BCUT2D eigenvalue weighted by Gasteiger charge is 2.13. The van der Waals surface area contributed by atoms with Crippen molar-refractivity contribution in [2.45, 2.75) is 39.2 Å². The largest absolute Gasteiger partial charge is 0.464 e. The Morgan fingerprint density at radius 1 is 1.18 bits per heavy atom. The van der Waals surface area contributed by atoms with E-state index in [-0.39, 0.29) is 0 Å². The average Bonchev–Trinajstić information content (AvgIpc) is 2.72. The highest BCUT2D eigenvalue weighted by molar-refractivity contribution is 5.81. The van der Waals surface area contributed by atoms with E-state index in [4.69, 9.17) is 4.42 Å². The van der Waals surface area contributed by atoms with Crippen LogP contribution < -0.4 is 0 Å². The molecule has 0 amide bonds. The molecule has 0 saturated carbocycles. The quantitative estimate of drug-likeness (QED) is 0.834. The molecule has 1 N–H and O–H groups in total. The minimum atomic E-state index is -0.405. The molecule has 0 aliphatic carbocycles. The maximum atomic E-state index is 10.2. The van der Waals surface area contributed by atoms with Gasteiger partial charge in [0.25, 0.3) is 0 Å². The molecule has 0 bridgehead atoms. The van der Waals surface area contributed by atoms with Gasteiger partial charge in [-0.25, -0.2) is 0 Å². The van der Waals surface area contributed by atoms with Crippen molar-refractivity contribution in [2.24, 2.45) is 5.92 Å². The Morgan fingerprint density at radius 3 is 2.71 bits per heavy atom. The lowest BCUT2D eigenvalue weighted by Gasteiger charge is -2.10. The van der Waals surface area contributed by atoms with Gasteiger partial charge in [-0.1, -0.05) is 44.9 Å². The zero-order valence-corrected chi connectivity index (χ0v) is 10.5. The number of aliphatic hydroxyl groups excluding tert-OH is 1. The summed E-state index contributed by atoms with van der Waals surface area (Å²) in [7, 11) is 0. The summed E-state index contributed by atoms with van der Waals surface area (Å²) in [6.07, 6.45) is 4.30. The lowest BCUT2D eigenvalue weighted by Crippen LogP contribution is -1.97. The fourth-order valence-corrected chi connectivity index (χ4v) is 2.13. The molecule has 1 aromatic heterocycles. The van der Waals surface area contributed by atoms with Gasteiger partial charge in [-0.05, 0) is 18.4 Å². The first-order chi connectivity index (χ1) is 8.18. The van der Waals surface area contributed by atoms with Gasteiger partial charge in [-0.3, -0.25) is 0 Å². The number of para-hydroxylation sites is 1. The highest BCUT2D eigenvalue weighted by atomic mass is 16.3. The Balaban J connectivity index is 2.06. The predicted molar refractivity (Wildman–Crippen MR) is 69.9 cm³/mol. The minimum absolute atomic E-state index is 0.405. The molecule has 2 rings (SSSR count). The summed E-state index contributed by atoms with van der Waals surface area (Å²) < 4.78 is 5.44. The monoisotopic (exact) mass is 232 g/mol. The summed E-state index contributed by atoms with van der Waals surface area (Å²) >= 11 is 0. The van der Waals surface area contributed by atoms with Crippen LogP contribution in [0, 0.1) is 5.92 Å². The van der Waals surface area contributed by atoms with Crippen molar-refractivity contribution in [1.82, 2.24) is 0 Å². The van der Waals surface area contributed by atoms with Crippen LogP contribution in [0.15, 0.2) is 34.9 Å². The van der Waals surface area contributed by atoms with E-state index in [1.54, 1.807) is 6.26 Å². The van der Waals surface area contributed by atoms with Gasteiger partial charge >= 0.3 is 0 Å². The second kappa shape index (κ2) is 5.37. The van der Waals surface area contributed by atoms with E-state index in [0.717, 1.165) is 35.8 Å². The predicted octanol–water partition coefficient (Wildman–Crippen LogP) is 4.29. The van der Waals surface area contributed by atoms with E-state index in [9.17, 15) is 5.11 Å². The molecule has 0 aliphatic rings. The molecule has 2 nitrogen and oxygen atoms in total. The first-order valence-electron chi connectivity index (χ1n) is 6.32. The van der Waals surface area contributed by atoms with E-state index >= 15 is 0 Å². The van der Waals surface area contributed by atoms with Crippen LogP contribution in [0.3, 0.4) is 0 Å². The third-order valence-electron chi connectivity index (χ3n) is 3.13. The molecule has 1 aromatic carbocycles. The lowest BCUT2D eigenvalue weighted by molar-refractivity contribution is 0.162. The van der Waals surface area contributed by atoms with Crippen molar-refractivity contribution < 1.29 is 9.52 Å². The molecule has 0 spiro atoms. The number of hydrogen-bond acceptors (Lipinski definition) is 2. The molecule has 1 unspecified atom stereocenters. The second-order valence-corrected chi connectivity index (χ2v) is 5.03. The van der Waals surface area contributed by atoms with Gasteiger partial charge < -0.3 is 9.52 Å². The van der Waals surface area contributed by atoms with Crippen LogP contribution in [-0.4, -0.2) is 5.11 Å². The van der Waals surface area contributed by atoms with Gasteiger partial charge in [-0.15, -0.1) is 0 Å². The number of rotatable bonds is 5. The molecule has 1 atom stereocenters. The first-order valence-corrected chi connectivity index (χ1v) is 6.32. The van der Waals surface area contributed by atoms with E-state index < -0.39 is 6.10 Å². The smallest absolute Gasteiger partial charge is 0.134 e. The van der Waals surface area contributed by atoms with E-state index in [2.05, 4.69) is 13.8 Å². The van der Waals surface area contributed by atoms with Gasteiger partial charge in [-0.2, -0.15) is 0 Å². The fraction of sp³-hybridized carbons (Fsp3) is 0.467. The van der Waals surface area contributed by atoms with E-state index in [0.29, 0.717) is 5.92 Å². The molecule has 0 aliphatic heterocycles. The molecular formula is C15H20O2. The number of benzene rings is 1. The van der Waals surface area contributed by atoms with Gasteiger partial charge in [0, 0.05) is 10.9 Å². The summed E-state index contributed by atoms with van der Waals surface area (Å²) in [6, 6.07) is 7.85. The molecule has 92 valence electrons. The summed E-state index contributed by atoms with van der Waals surface area (Å²) in [4.78, 5) is 0. The molecule has 0 saturated heterocycles. The first kappa shape index (κ1) is 12.2. The number of hydrogen-bond donors (Lipinski definition) is 1. The minimum Gasteiger partial charge on any atom is -0.464 e. The van der Waals surface area contributed by atoms with E-state index in [1.807, 2.05) is 24.3 Å². The Morgan fingerprint density at radius 2 is 1.94 bits per heavy atom. The maximum Gasteiger partial charge on any atom is 0.134 e. The summed E-state index contributed by atoms with van der Waals surface area (Å²) in [5.41, 5.74) is 1.77. The van der Waals surface area contributed by atoms with Gasteiger partial charge in [0.2, 0.25) is 0 Å². The Bertz CT molecular complexity index is 470. The Kier molecular flexibility index (Phi) is 3.85. The third-order valence-corrected chi connectivity index (χ3v) is 3.13. The van der Waals surface area contributed by atoms with Crippen LogP contribution in [0.2, 0.25) is 0 Å². The SMILES string of the molecule is CC(C)CCCC(O)c1coc2ccccc12. The fourth-order valence-electron chi connectivity index (χ4n) is 2.13. The molecule has 2 heteroatoms. The van der Waals surface area contributed by atoms with Crippen LogP contribution in [0.5, 0.6) is 0 Å². The molecule has 2 aromatic rings. The number of fused-ring (bicyclic) bond motifs is 1. The molecule has 1 heterocycles. The molecule has 0 radical (unpaired) electrons. The van der Waals surface area contributed by atoms with Crippen molar-refractivity contribution in [3.8, 4) is 0 Å². The molecule has 0 fully saturated rings. The van der Waals surface area contributed by atoms with Crippen molar-refractivity contribution in [3.05, 3.63) is 36.1 Å². The summed E-state index contributed by atoms with van der Waals surface area (Å²) in [5, 5.41) is 11.2. The maximum absolute atomic E-state index is 10.2. The molecule has 17 heavy (non-hydrogen) atoms. The average molecular weight is 232 g/mol. The van der Waals surface area contributed by atoms with Crippen molar-refractivity contribution in [3.63, 3.8) is 0 Å². The van der Waals surface area contributed by atoms with Gasteiger partial charge in [0.15, 0.2) is 0 Å². The Hall–Kier alpha value is -1.28. The van der Waals surface area contributed by atoms with Gasteiger partial charge in [0.05, 0.1) is 12.4 Å². The van der Waals surface area contributed by atoms with E-state index in [1.165, 1.54) is 0 Å². The third kappa shape index (κ3) is 2.89. The zero-order valence-electron chi connectivity index (χ0n) is 10.5. The van der Waals surface area contributed by atoms with Crippen LogP contribution in [0.4, 0.5) is 0 Å². The second-order valence-electron chi connectivity index (χ2n) is 5.03. The molecular weight excluding hydrogens is 212 g/mol. The van der Waals surface area contributed by atoms with Crippen molar-refractivity contribution in [2.75, 3.05) is 0 Å². The normalized spacial score (nSPS) is 13.4. The Labute approximate surface area is 102 Å². The standard InChI is InChI=1S/C15H20O2/c1-11(2)6-5-8-14(16)13-10-17-15-9-4-3-7-12(13)15/h3-4,7,9-11,14,16H,5-6,8H2,1-2H3. The number of furan rings is 1. The highest BCUT2D eigenvalue weighted by Crippen LogP contribution is 2.29. The van der Waals surface area contributed by atoms with Crippen molar-refractivity contribution in [1.29, 1.82) is 0 Å². The van der Waals surface area contributed by atoms with Crippen LogP contribution >= 0.6 is 0 Å². The van der Waals surface area contributed by atoms with Crippen molar-refractivity contribution >= 4 is 11.0 Å². The topological polar surface area (TPSA) is 33.4 Å². The van der Waals surface area contributed by atoms with Crippen LogP contribution in [0.1, 0.15) is 44.8 Å². The lowest BCUT2D eigenvalue weighted by atomic mass is 10.00. The van der Waals surface area contributed by atoms with Gasteiger partial charge in [0.1, 0.15) is 5.58 Å². The summed E-state index contributed by atoms with van der Waals surface area (Å²) in [6.45, 7) is 4.42. The number of aliphatic hydroxyl groups is 1.